The molecule has 0 saturated carbocycles. The molecule has 2 nitrogen and oxygen atoms in total. The number of hydrogen-bond donors (Lipinski definition) is 1. The van der Waals surface area contributed by atoms with Gasteiger partial charge in [0.15, 0.2) is 0 Å². The summed E-state index contributed by atoms with van der Waals surface area (Å²) in [6.45, 7) is 0. The lowest BCUT2D eigenvalue weighted by Crippen LogP contribution is -2.10. The zero-order chi connectivity index (χ0) is 8.43. The second-order valence-corrected chi connectivity index (χ2v) is 2.61. The molecule has 0 aliphatic carbocycles. The van der Waals surface area contributed by atoms with Gasteiger partial charge in [0.05, 0.1) is 5.69 Å². The smallest absolute Gasteiger partial charge is 0.148 e. The summed E-state index contributed by atoms with van der Waals surface area (Å²) in [5.41, 5.74) is 6.38. The maximum atomic E-state index is 13.0. The third-order valence-corrected chi connectivity index (χ3v) is 1.45. The van der Waals surface area contributed by atoms with Crippen LogP contribution in [0.2, 0.25) is 0 Å². The fourth-order valence-electron chi connectivity index (χ4n) is 0.886. The van der Waals surface area contributed by atoms with Gasteiger partial charge in [0.1, 0.15) is 5.82 Å². The molecule has 0 radical (unpaired) electrons. The standard InChI is InChI=1S/C8H11FN2.ClH/c1-11(2)8-4-3-6(10)5-7(8)9;/h3-5H,10H2,1-2H3;1H. The summed E-state index contributed by atoms with van der Waals surface area (Å²) in [7, 11) is 3.57. The van der Waals surface area contributed by atoms with E-state index in [1.807, 2.05) is 0 Å². The first-order valence-corrected chi connectivity index (χ1v) is 3.33. The Bertz CT molecular complexity index is 263. The van der Waals surface area contributed by atoms with Crippen LogP contribution in [0, 0.1) is 5.82 Å². The third-order valence-electron chi connectivity index (χ3n) is 1.45. The minimum absolute atomic E-state index is 0. The van der Waals surface area contributed by atoms with E-state index in [2.05, 4.69) is 0 Å². The number of nitrogen functional groups attached to an aromatic ring is 1. The van der Waals surface area contributed by atoms with E-state index in [1.54, 1.807) is 31.1 Å². The Balaban J connectivity index is 0.00000121. The summed E-state index contributed by atoms with van der Waals surface area (Å²) in [6, 6.07) is 4.65. The maximum absolute atomic E-state index is 13.0. The Morgan fingerprint density at radius 1 is 1.33 bits per heavy atom. The van der Waals surface area contributed by atoms with Crippen LogP contribution in [0.3, 0.4) is 0 Å². The molecular weight excluding hydrogens is 179 g/mol. The van der Waals surface area contributed by atoms with Crippen molar-refractivity contribution in [1.82, 2.24) is 0 Å². The number of nitrogens with two attached hydrogens (primary N) is 1. The minimum Gasteiger partial charge on any atom is -0.399 e. The molecule has 68 valence electrons. The lowest BCUT2D eigenvalue weighted by molar-refractivity contribution is 0.627. The molecule has 2 N–H and O–H groups in total. The number of nitrogens with zero attached hydrogens (tertiary/aromatic N) is 1. The quantitative estimate of drug-likeness (QED) is 0.686. The summed E-state index contributed by atoms with van der Waals surface area (Å²) in [4.78, 5) is 1.70. The highest BCUT2D eigenvalue weighted by molar-refractivity contribution is 5.85. The number of benzene rings is 1. The molecule has 0 heterocycles. The van der Waals surface area contributed by atoms with Crippen molar-refractivity contribution in [2.45, 2.75) is 0 Å². The van der Waals surface area contributed by atoms with E-state index in [1.165, 1.54) is 6.07 Å². The summed E-state index contributed by atoms with van der Waals surface area (Å²) in [6.07, 6.45) is 0. The highest BCUT2D eigenvalue weighted by Gasteiger charge is 2.02. The normalized spacial score (nSPS) is 8.92. The molecule has 1 aromatic rings. The van der Waals surface area contributed by atoms with Gasteiger partial charge in [-0.3, -0.25) is 0 Å². The highest BCUT2D eigenvalue weighted by atomic mass is 35.5. The second kappa shape index (κ2) is 4.16. The molecule has 0 spiro atoms. The van der Waals surface area contributed by atoms with Gasteiger partial charge in [-0.1, -0.05) is 0 Å². The monoisotopic (exact) mass is 190 g/mol. The number of hydrogen-bond acceptors (Lipinski definition) is 2. The van der Waals surface area contributed by atoms with E-state index in [0.717, 1.165) is 0 Å². The van der Waals surface area contributed by atoms with Crippen LogP contribution < -0.4 is 10.6 Å². The second-order valence-electron chi connectivity index (χ2n) is 2.61. The average molecular weight is 191 g/mol. The van der Waals surface area contributed by atoms with E-state index in [4.69, 9.17) is 5.73 Å². The predicted octanol–water partition coefficient (Wildman–Crippen LogP) is 1.90. The zero-order valence-corrected chi connectivity index (χ0v) is 7.86. The Hall–Kier alpha value is -0.960. The molecule has 1 aromatic carbocycles. The Morgan fingerprint density at radius 2 is 1.92 bits per heavy atom. The van der Waals surface area contributed by atoms with Gasteiger partial charge >= 0.3 is 0 Å². The number of anilines is 2. The van der Waals surface area contributed by atoms with E-state index < -0.39 is 0 Å². The van der Waals surface area contributed by atoms with E-state index >= 15 is 0 Å². The third kappa shape index (κ3) is 2.27. The summed E-state index contributed by atoms with van der Waals surface area (Å²) >= 11 is 0. The molecule has 4 heteroatoms. The van der Waals surface area contributed by atoms with Gasteiger partial charge in [-0.2, -0.15) is 0 Å². The molecule has 0 atom stereocenters. The summed E-state index contributed by atoms with van der Waals surface area (Å²) in [5, 5.41) is 0. The van der Waals surface area contributed by atoms with Crippen LogP contribution in [0.15, 0.2) is 18.2 Å². The van der Waals surface area contributed by atoms with Gasteiger partial charge in [-0.05, 0) is 18.2 Å². The van der Waals surface area contributed by atoms with Gasteiger partial charge in [-0.25, -0.2) is 4.39 Å². The molecule has 1 rings (SSSR count). The number of halogens is 2. The minimum atomic E-state index is -0.282. The van der Waals surface area contributed by atoms with Crippen LogP contribution in [0.1, 0.15) is 0 Å². The molecule has 0 bridgehead atoms. The van der Waals surface area contributed by atoms with Gasteiger partial charge in [0, 0.05) is 19.8 Å². The Kier molecular flexibility index (Phi) is 3.83. The highest BCUT2D eigenvalue weighted by Crippen LogP contribution is 2.18. The summed E-state index contributed by atoms with van der Waals surface area (Å²) in [5.74, 6) is -0.282. The van der Waals surface area contributed by atoms with Crippen LogP contribution in [0.5, 0.6) is 0 Å². The molecule has 0 fully saturated rings. The van der Waals surface area contributed by atoms with E-state index in [-0.39, 0.29) is 18.2 Å². The van der Waals surface area contributed by atoms with Crippen LogP contribution >= 0.6 is 12.4 Å². The van der Waals surface area contributed by atoms with Crippen molar-refractivity contribution in [3.05, 3.63) is 24.0 Å². The van der Waals surface area contributed by atoms with Gasteiger partial charge in [0.2, 0.25) is 0 Å². The SMILES string of the molecule is CN(C)c1ccc(N)cc1F.Cl. The lowest BCUT2D eigenvalue weighted by Gasteiger charge is -2.12. The molecule has 12 heavy (non-hydrogen) atoms. The fraction of sp³-hybridized carbons (Fsp3) is 0.250. The van der Waals surface area contributed by atoms with Crippen molar-refractivity contribution in [1.29, 1.82) is 0 Å². The van der Waals surface area contributed by atoms with Crippen LogP contribution in [0.25, 0.3) is 0 Å². The molecule has 0 aliphatic rings. The maximum Gasteiger partial charge on any atom is 0.148 e. The predicted molar refractivity (Wildman–Crippen MR) is 52.4 cm³/mol. The molecular formula is C8H12ClFN2. The number of rotatable bonds is 1. The van der Waals surface area contributed by atoms with Gasteiger partial charge < -0.3 is 10.6 Å². The van der Waals surface area contributed by atoms with Crippen molar-refractivity contribution in [2.75, 3.05) is 24.7 Å². The molecule has 0 saturated heterocycles. The van der Waals surface area contributed by atoms with Crippen molar-refractivity contribution in [3.63, 3.8) is 0 Å². The Morgan fingerprint density at radius 3 is 2.33 bits per heavy atom. The topological polar surface area (TPSA) is 29.3 Å². The van der Waals surface area contributed by atoms with Crippen molar-refractivity contribution in [3.8, 4) is 0 Å². The van der Waals surface area contributed by atoms with Crippen LogP contribution in [0.4, 0.5) is 15.8 Å². The van der Waals surface area contributed by atoms with Crippen LogP contribution in [-0.4, -0.2) is 14.1 Å². The van der Waals surface area contributed by atoms with Gasteiger partial charge in [-0.15, -0.1) is 12.4 Å². The summed E-state index contributed by atoms with van der Waals surface area (Å²) < 4.78 is 13.0. The zero-order valence-electron chi connectivity index (χ0n) is 7.04. The van der Waals surface area contributed by atoms with Crippen molar-refractivity contribution in [2.24, 2.45) is 0 Å². The fourth-order valence-corrected chi connectivity index (χ4v) is 0.886. The first-order chi connectivity index (χ1) is 5.11. The van der Waals surface area contributed by atoms with E-state index in [9.17, 15) is 4.39 Å². The molecule has 0 aliphatic heterocycles. The first kappa shape index (κ1) is 11.0. The molecule has 0 aromatic heterocycles. The van der Waals surface area contributed by atoms with Crippen molar-refractivity contribution >= 4 is 23.8 Å². The largest absolute Gasteiger partial charge is 0.399 e. The Labute approximate surface area is 77.6 Å². The van der Waals surface area contributed by atoms with Crippen LogP contribution in [-0.2, 0) is 0 Å². The lowest BCUT2D eigenvalue weighted by atomic mass is 10.2. The molecule has 0 amide bonds. The first-order valence-electron chi connectivity index (χ1n) is 3.33. The average Bonchev–Trinajstić information content (AvgIpc) is 1.85. The molecule has 0 unspecified atom stereocenters. The van der Waals surface area contributed by atoms with Gasteiger partial charge in [0.25, 0.3) is 0 Å². The van der Waals surface area contributed by atoms with Crippen molar-refractivity contribution < 1.29 is 4.39 Å². The van der Waals surface area contributed by atoms with E-state index in [0.29, 0.717) is 11.4 Å².